The lowest BCUT2D eigenvalue weighted by atomic mass is 10.1. The summed E-state index contributed by atoms with van der Waals surface area (Å²) < 4.78 is 0. The topological polar surface area (TPSA) is 36.7 Å². The highest BCUT2D eigenvalue weighted by Crippen LogP contribution is 2.24. The van der Waals surface area contributed by atoms with Crippen LogP contribution >= 0.6 is 23.2 Å². The van der Waals surface area contributed by atoms with Crippen LogP contribution < -0.4 is 0 Å². The van der Waals surface area contributed by atoms with Gasteiger partial charge in [-0.25, -0.2) is 4.98 Å². The molecule has 0 radical (unpaired) electrons. The average molecular weight is 223 g/mol. The van der Waals surface area contributed by atoms with E-state index in [-0.39, 0.29) is 0 Å². The smallest absolute Gasteiger partial charge is 0.129 e. The molecule has 0 aliphatic heterocycles. The van der Waals surface area contributed by atoms with E-state index in [9.17, 15) is 0 Å². The minimum Gasteiger partial charge on any atom is -0.235 e. The van der Waals surface area contributed by atoms with Crippen molar-refractivity contribution in [3.8, 4) is 6.07 Å². The van der Waals surface area contributed by atoms with Gasteiger partial charge in [-0.05, 0) is 24.3 Å². The molecule has 0 atom stereocenters. The standard InChI is InChI=1S/C10H4Cl2N2/c11-8-4-6(5-13)3-7-1-2-9(12)14-10(7)8/h1-4H. The SMILES string of the molecule is N#Cc1cc(Cl)c2nc(Cl)ccc2c1. The second kappa shape index (κ2) is 3.45. The van der Waals surface area contributed by atoms with Crippen LogP contribution in [0.1, 0.15) is 5.56 Å². The first kappa shape index (κ1) is 9.26. The summed E-state index contributed by atoms with van der Waals surface area (Å²) in [6.07, 6.45) is 0. The van der Waals surface area contributed by atoms with Crippen LogP contribution in [0.3, 0.4) is 0 Å². The quantitative estimate of drug-likeness (QED) is 0.641. The number of hydrogen-bond acceptors (Lipinski definition) is 2. The minimum atomic E-state index is 0.393. The highest BCUT2D eigenvalue weighted by atomic mass is 35.5. The molecule has 2 rings (SSSR count). The van der Waals surface area contributed by atoms with Crippen molar-refractivity contribution in [2.45, 2.75) is 0 Å². The lowest BCUT2D eigenvalue weighted by Crippen LogP contribution is -1.83. The van der Waals surface area contributed by atoms with Crippen molar-refractivity contribution < 1.29 is 0 Å². The fraction of sp³-hybridized carbons (Fsp3) is 0. The normalized spacial score (nSPS) is 10.1. The summed E-state index contributed by atoms with van der Waals surface area (Å²) in [4.78, 5) is 4.07. The van der Waals surface area contributed by atoms with Crippen molar-refractivity contribution in [3.05, 3.63) is 40.0 Å². The summed E-state index contributed by atoms with van der Waals surface area (Å²) in [6.45, 7) is 0. The van der Waals surface area contributed by atoms with Gasteiger partial charge >= 0.3 is 0 Å². The molecule has 1 aromatic heterocycles. The Kier molecular flexibility index (Phi) is 2.28. The van der Waals surface area contributed by atoms with Gasteiger partial charge in [0, 0.05) is 5.39 Å². The average Bonchev–Trinajstić information content (AvgIpc) is 2.19. The lowest BCUT2D eigenvalue weighted by molar-refractivity contribution is 1.40. The fourth-order valence-electron chi connectivity index (χ4n) is 1.23. The Labute approximate surface area is 90.7 Å². The molecule has 2 aromatic rings. The maximum Gasteiger partial charge on any atom is 0.129 e. The Hall–Kier alpha value is -1.30. The van der Waals surface area contributed by atoms with E-state index in [1.54, 1.807) is 24.3 Å². The molecule has 1 aromatic carbocycles. The summed E-state index contributed by atoms with van der Waals surface area (Å²) in [7, 11) is 0. The molecule has 0 fully saturated rings. The molecular weight excluding hydrogens is 219 g/mol. The van der Waals surface area contributed by atoms with Crippen LogP contribution in [0.15, 0.2) is 24.3 Å². The fourth-order valence-corrected chi connectivity index (χ4v) is 1.65. The number of fused-ring (bicyclic) bond motifs is 1. The van der Waals surface area contributed by atoms with Crippen molar-refractivity contribution in [1.82, 2.24) is 4.98 Å². The second-order valence-corrected chi connectivity index (χ2v) is 3.57. The predicted molar refractivity (Wildman–Crippen MR) is 56.5 cm³/mol. The van der Waals surface area contributed by atoms with Crippen LogP contribution in [0.25, 0.3) is 10.9 Å². The number of halogens is 2. The molecule has 0 saturated heterocycles. The number of aromatic nitrogens is 1. The summed E-state index contributed by atoms with van der Waals surface area (Å²) in [5.41, 5.74) is 1.14. The van der Waals surface area contributed by atoms with E-state index in [0.717, 1.165) is 5.39 Å². The molecule has 0 amide bonds. The Morgan fingerprint density at radius 2 is 2.00 bits per heavy atom. The number of benzene rings is 1. The third-order valence-electron chi connectivity index (χ3n) is 1.84. The molecule has 68 valence electrons. The monoisotopic (exact) mass is 222 g/mol. The van der Waals surface area contributed by atoms with Gasteiger partial charge in [0.15, 0.2) is 0 Å². The number of pyridine rings is 1. The summed E-state index contributed by atoms with van der Waals surface area (Å²) in [6, 6.07) is 8.79. The van der Waals surface area contributed by atoms with E-state index in [1.807, 2.05) is 6.07 Å². The van der Waals surface area contributed by atoms with Crippen LogP contribution in [0.4, 0.5) is 0 Å². The van der Waals surface area contributed by atoms with Gasteiger partial charge in [-0.2, -0.15) is 5.26 Å². The Bertz CT molecular complexity index is 544. The molecule has 4 heteroatoms. The van der Waals surface area contributed by atoms with Gasteiger partial charge in [-0.15, -0.1) is 0 Å². The molecule has 0 aliphatic rings. The van der Waals surface area contributed by atoms with Crippen LogP contribution in [0.5, 0.6) is 0 Å². The van der Waals surface area contributed by atoms with E-state index in [2.05, 4.69) is 4.98 Å². The first-order valence-corrected chi connectivity index (χ1v) is 4.62. The zero-order chi connectivity index (χ0) is 10.1. The zero-order valence-corrected chi connectivity index (χ0v) is 8.47. The van der Waals surface area contributed by atoms with Gasteiger partial charge in [0.2, 0.25) is 0 Å². The van der Waals surface area contributed by atoms with E-state index < -0.39 is 0 Å². The van der Waals surface area contributed by atoms with E-state index in [1.165, 1.54) is 0 Å². The number of nitrogens with zero attached hydrogens (tertiary/aromatic N) is 2. The minimum absolute atomic E-state index is 0.393. The van der Waals surface area contributed by atoms with Crippen molar-refractivity contribution in [1.29, 1.82) is 5.26 Å². The molecule has 0 unspecified atom stereocenters. The highest BCUT2D eigenvalue weighted by molar-refractivity contribution is 6.35. The van der Waals surface area contributed by atoms with E-state index >= 15 is 0 Å². The lowest BCUT2D eigenvalue weighted by Gasteiger charge is -2.00. The molecule has 0 spiro atoms. The van der Waals surface area contributed by atoms with Gasteiger partial charge in [-0.3, -0.25) is 0 Å². The molecule has 0 saturated carbocycles. The third kappa shape index (κ3) is 1.52. The van der Waals surface area contributed by atoms with Crippen molar-refractivity contribution in [2.75, 3.05) is 0 Å². The number of hydrogen-bond donors (Lipinski definition) is 0. The van der Waals surface area contributed by atoms with Crippen molar-refractivity contribution in [3.63, 3.8) is 0 Å². The van der Waals surface area contributed by atoms with Crippen LogP contribution in [0, 0.1) is 11.3 Å². The first-order chi connectivity index (χ1) is 6.70. The second-order valence-electron chi connectivity index (χ2n) is 2.78. The summed E-state index contributed by atoms with van der Waals surface area (Å²) in [5, 5.41) is 10.4. The van der Waals surface area contributed by atoms with E-state index in [0.29, 0.717) is 21.3 Å². The molecule has 14 heavy (non-hydrogen) atoms. The van der Waals surface area contributed by atoms with Crippen molar-refractivity contribution >= 4 is 34.1 Å². The highest BCUT2D eigenvalue weighted by Gasteiger charge is 2.03. The molecule has 0 N–H and O–H groups in total. The largest absolute Gasteiger partial charge is 0.235 e. The Morgan fingerprint density at radius 3 is 2.71 bits per heavy atom. The molecule has 0 bridgehead atoms. The van der Waals surface area contributed by atoms with E-state index in [4.69, 9.17) is 28.5 Å². The van der Waals surface area contributed by atoms with Crippen LogP contribution in [0.2, 0.25) is 10.2 Å². The van der Waals surface area contributed by atoms with Gasteiger partial charge in [0.25, 0.3) is 0 Å². The molecule has 1 heterocycles. The maximum atomic E-state index is 8.72. The van der Waals surface area contributed by atoms with Gasteiger partial charge in [-0.1, -0.05) is 23.2 Å². The Morgan fingerprint density at radius 1 is 1.21 bits per heavy atom. The molecular formula is C10H4Cl2N2. The maximum absolute atomic E-state index is 8.72. The first-order valence-electron chi connectivity index (χ1n) is 3.86. The predicted octanol–water partition coefficient (Wildman–Crippen LogP) is 3.41. The van der Waals surface area contributed by atoms with Gasteiger partial charge in [0.05, 0.1) is 22.2 Å². The van der Waals surface area contributed by atoms with Crippen LogP contribution in [-0.4, -0.2) is 4.98 Å². The molecule has 0 aliphatic carbocycles. The van der Waals surface area contributed by atoms with Gasteiger partial charge in [0.1, 0.15) is 5.15 Å². The number of nitriles is 1. The summed E-state index contributed by atoms with van der Waals surface area (Å²) >= 11 is 11.7. The number of rotatable bonds is 0. The Balaban J connectivity index is 2.84. The zero-order valence-electron chi connectivity index (χ0n) is 6.96. The van der Waals surface area contributed by atoms with Gasteiger partial charge < -0.3 is 0 Å². The van der Waals surface area contributed by atoms with Crippen LogP contribution in [-0.2, 0) is 0 Å². The third-order valence-corrected chi connectivity index (χ3v) is 2.34. The van der Waals surface area contributed by atoms with Crippen molar-refractivity contribution in [2.24, 2.45) is 0 Å². The summed E-state index contributed by atoms with van der Waals surface area (Å²) in [5.74, 6) is 0. The molecule has 2 nitrogen and oxygen atoms in total.